The zero-order valence-corrected chi connectivity index (χ0v) is 12.1. The average molecular weight is 308 g/mol. The molecule has 1 saturated heterocycles. The number of carbonyl (C=O) groups excluding carboxylic acids is 1. The molecule has 17 heavy (non-hydrogen) atoms. The van der Waals surface area contributed by atoms with Gasteiger partial charge in [0, 0.05) is 13.1 Å². The van der Waals surface area contributed by atoms with Crippen LogP contribution in [0, 0.1) is 5.92 Å². The first-order valence-corrected chi connectivity index (χ1v) is 7.13. The van der Waals surface area contributed by atoms with Crippen LogP contribution in [0.1, 0.15) is 26.7 Å². The summed E-state index contributed by atoms with van der Waals surface area (Å²) < 4.78 is 5.47. The highest BCUT2D eigenvalue weighted by Gasteiger charge is 2.28. The third-order valence-corrected chi connectivity index (χ3v) is 4.47. The van der Waals surface area contributed by atoms with Crippen molar-refractivity contribution in [2.24, 2.45) is 5.92 Å². The van der Waals surface area contributed by atoms with E-state index >= 15 is 0 Å². The second kappa shape index (κ2) is 7.34. The second-order valence-corrected chi connectivity index (χ2v) is 5.75. The summed E-state index contributed by atoms with van der Waals surface area (Å²) in [7, 11) is 0. The van der Waals surface area contributed by atoms with Gasteiger partial charge in [-0.3, -0.25) is 4.79 Å². The van der Waals surface area contributed by atoms with Crippen molar-refractivity contribution >= 4 is 21.8 Å². The molecule has 1 rings (SSSR count). The highest BCUT2D eigenvalue weighted by Crippen LogP contribution is 2.19. The van der Waals surface area contributed by atoms with Crippen molar-refractivity contribution in [2.75, 3.05) is 26.3 Å². The van der Waals surface area contributed by atoms with E-state index in [0.29, 0.717) is 12.5 Å². The van der Waals surface area contributed by atoms with Crippen LogP contribution >= 0.6 is 15.9 Å². The number of halogens is 1. The van der Waals surface area contributed by atoms with Gasteiger partial charge in [-0.25, -0.2) is 0 Å². The molecule has 1 heterocycles. The van der Waals surface area contributed by atoms with Crippen LogP contribution in [0.2, 0.25) is 0 Å². The molecule has 0 spiro atoms. The summed E-state index contributed by atoms with van der Waals surface area (Å²) in [6, 6.07) is 0. The number of ether oxygens (including phenoxy) is 1. The summed E-state index contributed by atoms with van der Waals surface area (Å²) in [5.74, 6) is 0.492. The molecule has 4 nitrogen and oxygen atoms in total. The number of aliphatic hydroxyl groups is 1. The smallest absolute Gasteiger partial charge is 0.236 e. The van der Waals surface area contributed by atoms with E-state index in [9.17, 15) is 4.79 Å². The maximum atomic E-state index is 12.1. The van der Waals surface area contributed by atoms with E-state index in [4.69, 9.17) is 9.84 Å². The lowest BCUT2D eigenvalue weighted by Gasteiger charge is -2.33. The lowest BCUT2D eigenvalue weighted by molar-refractivity contribution is -0.133. The number of aliphatic hydroxyl groups excluding tert-OH is 1. The molecule has 100 valence electrons. The van der Waals surface area contributed by atoms with Gasteiger partial charge >= 0.3 is 0 Å². The number of likely N-dealkylation sites (tertiary alicyclic amines) is 1. The van der Waals surface area contributed by atoms with Gasteiger partial charge in [0.1, 0.15) is 0 Å². The molecule has 0 aliphatic carbocycles. The topological polar surface area (TPSA) is 49.8 Å². The maximum absolute atomic E-state index is 12.1. The van der Waals surface area contributed by atoms with Gasteiger partial charge in [0.05, 0.1) is 24.1 Å². The van der Waals surface area contributed by atoms with Gasteiger partial charge in [0.2, 0.25) is 5.91 Å². The predicted molar refractivity (Wildman–Crippen MR) is 70.2 cm³/mol. The van der Waals surface area contributed by atoms with Crippen LogP contribution in [-0.4, -0.2) is 53.1 Å². The first-order valence-electron chi connectivity index (χ1n) is 6.21. The summed E-state index contributed by atoms with van der Waals surface area (Å²) in [5.41, 5.74) is 0. The van der Waals surface area contributed by atoms with Crippen molar-refractivity contribution in [3.05, 3.63) is 0 Å². The Hall–Kier alpha value is -0.130. The van der Waals surface area contributed by atoms with E-state index in [1.165, 1.54) is 0 Å². The molecule has 0 aromatic rings. The minimum absolute atomic E-state index is 0.0654. The van der Waals surface area contributed by atoms with Crippen LogP contribution < -0.4 is 0 Å². The Morgan fingerprint density at radius 3 is 2.53 bits per heavy atom. The number of hydrogen-bond acceptors (Lipinski definition) is 3. The van der Waals surface area contributed by atoms with E-state index in [1.54, 1.807) is 0 Å². The van der Waals surface area contributed by atoms with E-state index < -0.39 is 0 Å². The summed E-state index contributed by atoms with van der Waals surface area (Å²) in [6.07, 6.45) is 1.92. The lowest BCUT2D eigenvalue weighted by atomic mass is 10.0. The van der Waals surface area contributed by atoms with Crippen molar-refractivity contribution in [1.29, 1.82) is 0 Å². The first-order chi connectivity index (χ1) is 8.06. The van der Waals surface area contributed by atoms with Gasteiger partial charge in [-0.15, -0.1) is 0 Å². The molecule has 1 atom stereocenters. The third kappa shape index (κ3) is 4.56. The molecule has 0 aromatic carbocycles. The maximum Gasteiger partial charge on any atom is 0.236 e. The Morgan fingerprint density at radius 2 is 2.06 bits per heavy atom. The van der Waals surface area contributed by atoms with E-state index in [-0.39, 0.29) is 23.4 Å². The molecule has 0 aromatic heterocycles. The van der Waals surface area contributed by atoms with Crippen LogP contribution in [0.3, 0.4) is 0 Å². The number of piperidine rings is 1. The Labute approximate surface area is 111 Å². The minimum Gasteiger partial charge on any atom is -0.394 e. The third-order valence-electron chi connectivity index (χ3n) is 3.02. The Bertz CT molecular complexity index is 240. The number of amides is 1. The Balaban J connectivity index is 2.33. The molecular weight excluding hydrogens is 286 g/mol. The molecule has 0 radical (unpaired) electrons. The number of carbonyl (C=O) groups is 1. The SMILES string of the molecule is CC(C)C(Br)C(=O)N1CCC(OCCO)CC1. The van der Waals surface area contributed by atoms with Crippen molar-refractivity contribution in [3.63, 3.8) is 0 Å². The van der Waals surface area contributed by atoms with Gasteiger partial charge in [-0.1, -0.05) is 29.8 Å². The monoisotopic (exact) mass is 307 g/mol. The van der Waals surface area contributed by atoms with Gasteiger partial charge in [0.15, 0.2) is 0 Å². The molecule has 1 N–H and O–H groups in total. The zero-order chi connectivity index (χ0) is 12.8. The van der Waals surface area contributed by atoms with Gasteiger partial charge < -0.3 is 14.7 Å². The second-order valence-electron chi connectivity index (χ2n) is 4.76. The van der Waals surface area contributed by atoms with Crippen LogP contribution in [0.15, 0.2) is 0 Å². The lowest BCUT2D eigenvalue weighted by Crippen LogP contribution is -2.45. The molecule has 1 aliphatic rings. The molecule has 1 unspecified atom stereocenters. The summed E-state index contributed by atoms with van der Waals surface area (Å²) in [4.78, 5) is 13.9. The van der Waals surface area contributed by atoms with Crippen molar-refractivity contribution in [2.45, 2.75) is 37.6 Å². The fourth-order valence-corrected chi connectivity index (χ4v) is 2.21. The minimum atomic E-state index is -0.0857. The van der Waals surface area contributed by atoms with Gasteiger partial charge in [-0.05, 0) is 18.8 Å². The molecule has 1 fully saturated rings. The van der Waals surface area contributed by atoms with E-state index in [1.807, 2.05) is 18.7 Å². The quantitative estimate of drug-likeness (QED) is 0.781. The highest BCUT2D eigenvalue weighted by atomic mass is 79.9. The van der Waals surface area contributed by atoms with Gasteiger partial charge in [0.25, 0.3) is 0 Å². The van der Waals surface area contributed by atoms with Crippen LogP contribution in [-0.2, 0) is 9.53 Å². The number of alkyl halides is 1. The van der Waals surface area contributed by atoms with E-state index in [2.05, 4.69) is 15.9 Å². The van der Waals surface area contributed by atoms with Crippen LogP contribution in [0.5, 0.6) is 0 Å². The van der Waals surface area contributed by atoms with Crippen LogP contribution in [0.25, 0.3) is 0 Å². The first kappa shape index (κ1) is 14.9. The molecule has 0 bridgehead atoms. The van der Waals surface area contributed by atoms with Crippen molar-refractivity contribution in [3.8, 4) is 0 Å². The molecule has 1 aliphatic heterocycles. The van der Waals surface area contributed by atoms with Crippen molar-refractivity contribution < 1.29 is 14.6 Å². The fourth-order valence-electron chi connectivity index (χ4n) is 1.92. The molecule has 1 amide bonds. The normalized spacial score (nSPS) is 19.7. The molecular formula is C12H22BrNO3. The van der Waals surface area contributed by atoms with Crippen LogP contribution in [0.4, 0.5) is 0 Å². The van der Waals surface area contributed by atoms with E-state index in [0.717, 1.165) is 25.9 Å². The largest absolute Gasteiger partial charge is 0.394 e. The molecule has 0 saturated carbocycles. The fraction of sp³-hybridized carbons (Fsp3) is 0.917. The Kier molecular flexibility index (Phi) is 6.44. The number of nitrogens with zero attached hydrogens (tertiary/aromatic N) is 1. The van der Waals surface area contributed by atoms with Gasteiger partial charge in [-0.2, -0.15) is 0 Å². The molecule has 5 heteroatoms. The Morgan fingerprint density at radius 1 is 1.47 bits per heavy atom. The summed E-state index contributed by atoms with van der Waals surface area (Å²) >= 11 is 3.44. The average Bonchev–Trinajstić information content (AvgIpc) is 2.35. The summed E-state index contributed by atoms with van der Waals surface area (Å²) in [6.45, 7) is 6.04. The number of hydrogen-bond donors (Lipinski definition) is 1. The standard InChI is InChI=1S/C12H22BrNO3/c1-9(2)11(13)12(16)14-5-3-10(4-6-14)17-8-7-15/h9-11,15H,3-8H2,1-2H3. The predicted octanol–water partition coefficient (Wildman–Crippen LogP) is 1.41. The highest BCUT2D eigenvalue weighted by molar-refractivity contribution is 9.10. The number of rotatable bonds is 5. The summed E-state index contributed by atoms with van der Waals surface area (Å²) in [5, 5.41) is 8.68. The zero-order valence-electron chi connectivity index (χ0n) is 10.6. The van der Waals surface area contributed by atoms with Crippen molar-refractivity contribution in [1.82, 2.24) is 4.90 Å².